The fraction of sp³-hybridized carbons (Fsp3) is 0.635. The SMILES string of the molecule is CC(C)C[C@H](NC(=O)OC(C)(C)C)C(=O)N[C@H](Cc1ccccc1)C(=O)N1CCC[C@H]1C(=O)N[C@H](C(=O)N[C@@H](CCCNC(=O)OCc1ccccc1)C(=O)NC1CC(C)(C)N(O)C(C)(C)C1)C(C)C. The number of likely N-dealkylation sites (tertiary alicyclic amines) is 1. The highest BCUT2D eigenvalue weighted by Crippen LogP contribution is 2.36. The lowest BCUT2D eigenvalue weighted by molar-refractivity contribution is -0.246. The molecule has 0 bridgehead atoms. The first-order valence-electron chi connectivity index (χ1n) is 24.8. The second kappa shape index (κ2) is 25.4. The predicted molar refractivity (Wildman–Crippen MR) is 265 cm³/mol. The fourth-order valence-electron chi connectivity index (χ4n) is 9.24. The van der Waals surface area contributed by atoms with Gasteiger partial charge in [-0.3, -0.25) is 24.0 Å². The van der Waals surface area contributed by atoms with Crippen LogP contribution in [-0.4, -0.2) is 123 Å². The van der Waals surface area contributed by atoms with Gasteiger partial charge in [0.15, 0.2) is 0 Å². The Bertz CT molecular complexity index is 2060. The fourth-order valence-corrected chi connectivity index (χ4v) is 9.24. The topological polar surface area (TPSA) is 237 Å². The van der Waals surface area contributed by atoms with E-state index in [1.54, 1.807) is 34.6 Å². The molecule has 2 aromatic rings. The van der Waals surface area contributed by atoms with Gasteiger partial charge in [-0.25, -0.2) is 9.59 Å². The summed E-state index contributed by atoms with van der Waals surface area (Å²) in [6, 6.07) is 12.8. The monoisotopic (exact) mass is 977 g/mol. The van der Waals surface area contributed by atoms with E-state index < -0.39 is 94.5 Å². The zero-order valence-electron chi connectivity index (χ0n) is 43.2. The molecule has 2 fully saturated rings. The zero-order chi connectivity index (χ0) is 52.0. The Morgan fingerprint density at radius 2 is 1.33 bits per heavy atom. The molecule has 4 rings (SSSR count). The number of hydroxylamine groups is 2. The smallest absolute Gasteiger partial charge is 0.408 e. The Morgan fingerprint density at radius 1 is 0.743 bits per heavy atom. The molecule has 18 nitrogen and oxygen atoms in total. The summed E-state index contributed by atoms with van der Waals surface area (Å²) in [6.45, 7) is 20.5. The van der Waals surface area contributed by atoms with Crippen LogP contribution in [0.25, 0.3) is 0 Å². The van der Waals surface area contributed by atoms with Gasteiger partial charge in [0.25, 0.3) is 0 Å². The molecule has 7 amide bonds. The minimum absolute atomic E-state index is 0.000370. The van der Waals surface area contributed by atoms with Crippen LogP contribution in [0.5, 0.6) is 0 Å². The molecule has 0 aromatic heterocycles. The maximum Gasteiger partial charge on any atom is 0.408 e. The van der Waals surface area contributed by atoms with Gasteiger partial charge in [0.1, 0.15) is 42.4 Å². The number of amides is 7. The Labute approximate surface area is 414 Å². The molecule has 2 heterocycles. The Balaban J connectivity index is 1.50. The van der Waals surface area contributed by atoms with Crippen LogP contribution in [-0.2, 0) is 46.5 Å². The summed E-state index contributed by atoms with van der Waals surface area (Å²) in [5.74, 6) is -3.14. The van der Waals surface area contributed by atoms with E-state index in [9.17, 15) is 38.8 Å². The Hall–Kier alpha value is -5.75. The van der Waals surface area contributed by atoms with Crippen LogP contribution in [0.2, 0.25) is 0 Å². The van der Waals surface area contributed by atoms with Crippen LogP contribution in [0.1, 0.15) is 132 Å². The van der Waals surface area contributed by atoms with Crippen LogP contribution >= 0.6 is 0 Å². The van der Waals surface area contributed by atoms with E-state index in [0.717, 1.165) is 11.1 Å². The van der Waals surface area contributed by atoms with E-state index in [2.05, 4.69) is 31.9 Å². The lowest BCUT2D eigenvalue weighted by Crippen LogP contribution is -2.64. The molecule has 388 valence electrons. The zero-order valence-corrected chi connectivity index (χ0v) is 43.2. The molecule has 7 N–H and O–H groups in total. The molecule has 2 aliphatic rings. The lowest BCUT2D eigenvalue weighted by atomic mass is 9.79. The van der Waals surface area contributed by atoms with E-state index in [0.29, 0.717) is 32.1 Å². The first-order valence-corrected chi connectivity index (χ1v) is 24.8. The van der Waals surface area contributed by atoms with Crippen molar-refractivity contribution >= 4 is 41.7 Å². The van der Waals surface area contributed by atoms with Crippen molar-refractivity contribution in [3.05, 3.63) is 71.8 Å². The number of piperidine rings is 1. The molecule has 0 radical (unpaired) electrons. The van der Waals surface area contributed by atoms with Crippen molar-refractivity contribution in [2.45, 2.75) is 187 Å². The van der Waals surface area contributed by atoms with Crippen LogP contribution in [0.15, 0.2) is 60.7 Å². The third kappa shape index (κ3) is 17.6. The van der Waals surface area contributed by atoms with Crippen molar-refractivity contribution < 1.29 is 48.2 Å². The number of benzene rings is 2. The molecule has 5 atom stereocenters. The van der Waals surface area contributed by atoms with Crippen molar-refractivity contribution in [2.24, 2.45) is 11.8 Å². The Kier molecular flexibility index (Phi) is 20.6. The molecule has 0 saturated carbocycles. The largest absolute Gasteiger partial charge is 0.445 e. The molecule has 0 spiro atoms. The summed E-state index contributed by atoms with van der Waals surface area (Å²) in [5, 5.41) is 29.3. The highest BCUT2D eigenvalue weighted by molar-refractivity contribution is 5.96. The van der Waals surface area contributed by atoms with Gasteiger partial charge in [-0.1, -0.05) is 88.4 Å². The number of ether oxygens (including phenoxy) is 2. The summed E-state index contributed by atoms with van der Waals surface area (Å²) < 4.78 is 10.8. The van der Waals surface area contributed by atoms with Crippen molar-refractivity contribution in [2.75, 3.05) is 13.1 Å². The first kappa shape index (κ1) is 56.8. The van der Waals surface area contributed by atoms with Gasteiger partial charge in [-0.15, -0.1) is 0 Å². The van der Waals surface area contributed by atoms with Gasteiger partial charge in [0.05, 0.1) is 0 Å². The molecule has 2 saturated heterocycles. The van der Waals surface area contributed by atoms with Gasteiger partial charge in [0.2, 0.25) is 29.5 Å². The first-order chi connectivity index (χ1) is 32.8. The molecule has 18 heteroatoms. The van der Waals surface area contributed by atoms with Crippen molar-refractivity contribution in [1.82, 2.24) is 41.9 Å². The molecular weight excluding hydrogens is 897 g/mol. The third-order valence-corrected chi connectivity index (χ3v) is 12.5. The van der Waals surface area contributed by atoms with Crippen LogP contribution in [0.3, 0.4) is 0 Å². The van der Waals surface area contributed by atoms with Crippen LogP contribution < -0.4 is 31.9 Å². The van der Waals surface area contributed by atoms with Crippen molar-refractivity contribution in [3.63, 3.8) is 0 Å². The number of alkyl carbamates (subject to hydrolysis) is 2. The number of carbonyl (C=O) groups is 7. The quantitative estimate of drug-likeness (QED) is 0.0771. The van der Waals surface area contributed by atoms with Gasteiger partial charge in [-0.05, 0) is 116 Å². The van der Waals surface area contributed by atoms with E-state index in [1.807, 2.05) is 102 Å². The summed E-state index contributed by atoms with van der Waals surface area (Å²) in [5.41, 5.74) is -0.533. The summed E-state index contributed by atoms with van der Waals surface area (Å²) in [4.78, 5) is 98.1. The molecule has 70 heavy (non-hydrogen) atoms. The minimum Gasteiger partial charge on any atom is -0.445 e. The average molecular weight is 977 g/mol. The number of rotatable bonds is 21. The highest BCUT2D eigenvalue weighted by atomic mass is 16.6. The standard InChI is InChI=1S/C52H80N8O10/c1-33(2)28-39(57-49(67)70-50(5,6)7)44(62)56-40(29-35-20-14-12-15-21-35)47(65)59-27-19-25-41(59)45(63)58-42(34(3)4)46(64)55-38(24-18-26-53-48(66)69-32-36-22-16-13-17-23-36)43(61)54-37-30-51(8,9)60(68)52(10,11)31-37/h12-17,20-23,33-34,37-42,68H,18-19,24-32H2,1-11H3,(H,53,66)(H,54,61)(H,55,64)(H,56,62)(H,57,67)(H,58,63)/t38-,39-,40+,41-,42-/m0/s1. The maximum atomic E-state index is 14.6. The number of hydrogen-bond acceptors (Lipinski definition) is 11. The van der Waals surface area contributed by atoms with Crippen molar-refractivity contribution in [1.29, 1.82) is 0 Å². The predicted octanol–water partition coefficient (Wildman–Crippen LogP) is 5.50. The molecular formula is C52H80N8O10. The minimum atomic E-state index is -1.11. The second-order valence-corrected chi connectivity index (χ2v) is 21.7. The lowest BCUT2D eigenvalue weighted by Gasteiger charge is -2.51. The Morgan fingerprint density at radius 3 is 1.90 bits per heavy atom. The van der Waals surface area contributed by atoms with Crippen LogP contribution in [0.4, 0.5) is 9.59 Å². The molecule has 0 unspecified atom stereocenters. The van der Waals surface area contributed by atoms with Gasteiger partial charge < -0.3 is 51.5 Å². The van der Waals surface area contributed by atoms with Gasteiger partial charge >= 0.3 is 12.2 Å². The summed E-state index contributed by atoms with van der Waals surface area (Å²) >= 11 is 0. The third-order valence-electron chi connectivity index (χ3n) is 12.5. The number of hydrogen-bond donors (Lipinski definition) is 7. The number of nitrogens with zero attached hydrogens (tertiary/aromatic N) is 2. The summed E-state index contributed by atoms with van der Waals surface area (Å²) in [7, 11) is 0. The van der Waals surface area contributed by atoms with Gasteiger partial charge in [0, 0.05) is 36.6 Å². The van der Waals surface area contributed by atoms with Crippen LogP contribution in [0, 0.1) is 11.8 Å². The van der Waals surface area contributed by atoms with E-state index in [1.165, 1.54) is 9.96 Å². The number of carbonyl (C=O) groups excluding carboxylic acids is 7. The number of nitrogens with one attached hydrogen (secondary N) is 6. The molecule has 2 aromatic carbocycles. The van der Waals surface area contributed by atoms with E-state index in [4.69, 9.17) is 9.47 Å². The van der Waals surface area contributed by atoms with Crippen molar-refractivity contribution in [3.8, 4) is 0 Å². The second-order valence-electron chi connectivity index (χ2n) is 21.7. The van der Waals surface area contributed by atoms with E-state index in [-0.39, 0.29) is 50.9 Å². The molecule has 0 aliphatic carbocycles. The van der Waals surface area contributed by atoms with E-state index >= 15 is 0 Å². The maximum absolute atomic E-state index is 14.6. The normalized spacial score (nSPS) is 18.7. The van der Waals surface area contributed by atoms with Gasteiger partial charge in [-0.2, -0.15) is 5.06 Å². The average Bonchev–Trinajstić information content (AvgIpc) is 3.77. The highest BCUT2D eigenvalue weighted by Gasteiger charge is 2.46. The summed E-state index contributed by atoms with van der Waals surface area (Å²) in [6.07, 6.45) is 1.07. The molecule has 2 aliphatic heterocycles.